The molecule has 4 aliphatic rings. The van der Waals surface area contributed by atoms with Crippen molar-refractivity contribution in [1.82, 2.24) is 0 Å². The fourth-order valence-electron chi connectivity index (χ4n) is 20.1. The van der Waals surface area contributed by atoms with Crippen molar-refractivity contribution in [1.29, 1.82) is 0 Å². The van der Waals surface area contributed by atoms with Gasteiger partial charge in [-0.05, 0) is 206 Å². The number of hydrogen-bond donors (Lipinski definition) is 0. The Morgan fingerprint density at radius 3 is 0.901 bits per heavy atom. The van der Waals surface area contributed by atoms with Crippen molar-refractivity contribution in [2.24, 2.45) is 0 Å². The first-order valence-corrected chi connectivity index (χ1v) is 42.0. The maximum absolute atomic E-state index is 2.92. The van der Waals surface area contributed by atoms with E-state index < -0.39 is 0 Å². The minimum Gasteiger partial charge on any atom is -0.444 e. The van der Waals surface area contributed by atoms with E-state index in [2.05, 4.69) is 487 Å². The lowest BCUT2D eigenvalue weighted by molar-refractivity contribution is 0.987. The summed E-state index contributed by atoms with van der Waals surface area (Å²) in [6.07, 6.45) is 0. The van der Waals surface area contributed by atoms with Crippen LogP contribution in [0.5, 0.6) is 0 Å². The molecule has 0 aromatic heterocycles. The summed E-state index contributed by atoms with van der Waals surface area (Å²) in [5.41, 5.74) is 43.1. The Labute approximate surface area is 708 Å². The van der Waals surface area contributed by atoms with Crippen LogP contribution in [-0.4, -0.2) is 13.7 Å². The summed E-state index contributed by atoms with van der Waals surface area (Å²) < 4.78 is 2.92. The Morgan fingerprint density at radius 2 is 0.496 bits per heavy atom. The van der Waals surface area contributed by atoms with Gasteiger partial charge in [0.1, 0.15) is 0 Å². The molecule has 1 atom stereocenters. The normalized spacial score (nSPS) is 13.0. The Balaban J connectivity index is 0.837. The summed E-state index contributed by atoms with van der Waals surface area (Å²) in [7, 11) is 0. The van der Waals surface area contributed by atoms with Crippen LogP contribution in [0.4, 0.5) is 56.9 Å². The number of anilines is 10. The van der Waals surface area contributed by atoms with Crippen LogP contribution in [0.1, 0.15) is 22.6 Å². The summed E-state index contributed by atoms with van der Waals surface area (Å²) in [6.45, 7) is -0.639. The van der Waals surface area contributed by atoms with Gasteiger partial charge in [-0.3, -0.25) is 0 Å². The maximum atomic E-state index is 2.92. The Bertz CT molecular complexity index is 6390. The van der Waals surface area contributed by atoms with E-state index in [1.165, 1.54) is 111 Å². The number of benzene rings is 19. The Hall–Kier alpha value is -15.5. The molecule has 564 valence electrons. The number of fused-ring (bicyclic) bond motifs is 8. The summed E-state index contributed by atoms with van der Waals surface area (Å²) >= 11 is 0. The van der Waals surface area contributed by atoms with Gasteiger partial charge in [-0.25, -0.2) is 0 Å². The van der Waals surface area contributed by atoms with Crippen molar-refractivity contribution < 1.29 is 0 Å². The Kier molecular flexibility index (Phi) is 17.5. The molecule has 0 saturated heterocycles. The summed E-state index contributed by atoms with van der Waals surface area (Å²) in [5, 5.41) is 0. The fourth-order valence-corrected chi connectivity index (χ4v) is 20.1. The number of rotatable bonds is 16. The third kappa shape index (κ3) is 12.2. The van der Waals surface area contributed by atoms with Gasteiger partial charge in [-0.15, -0.1) is 0 Å². The maximum Gasteiger partial charge on any atom is 0.316 e. The molecule has 0 radical (unpaired) electrons. The minimum atomic E-state index is -0.331. The molecule has 4 nitrogen and oxygen atoms in total. The SMILES string of the molecule is c1ccc(-c2ccc(N(c3ccc(-c4ccccc4)cc3)c3cc4c5c(c3)C(c3c(-c6ccccc6)cccc3-c3ccccc3)c3ccccc3B5N3B5c6ccccc6N(c6c(-c7ccccc7)cccc6-c6ccccc6)c6cc(N(c7ccc(-c8ccccc8)cc7)c7ccc(-c8ccccc8)cc7)cc(c65)-c5cccc-4c53)cc2)cc1. The van der Waals surface area contributed by atoms with Gasteiger partial charge in [0.2, 0.25) is 0 Å². The molecule has 23 rings (SSSR count). The average Bonchev–Trinajstić information content (AvgIpc) is 0.669. The largest absolute Gasteiger partial charge is 0.444 e. The number of hydrogen-bond acceptors (Lipinski definition) is 4. The second-order valence-corrected chi connectivity index (χ2v) is 32.0. The highest BCUT2D eigenvalue weighted by atomic mass is 15.2. The van der Waals surface area contributed by atoms with Crippen LogP contribution in [0.3, 0.4) is 0 Å². The number of para-hydroxylation sites is 3. The van der Waals surface area contributed by atoms with E-state index in [-0.39, 0.29) is 19.6 Å². The van der Waals surface area contributed by atoms with E-state index in [9.17, 15) is 0 Å². The van der Waals surface area contributed by atoms with Crippen molar-refractivity contribution in [3.63, 3.8) is 0 Å². The molecule has 0 aliphatic carbocycles. The molecule has 19 aromatic carbocycles. The van der Waals surface area contributed by atoms with E-state index in [1.807, 2.05) is 0 Å². The van der Waals surface area contributed by atoms with Crippen LogP contribution in [0.25, 0.3) is 111 Å². The second kappa shape index (κ2) is 29.9. The van der Waals surface area contributed by atoms with Gasteiger partial charge in [0.15, 0.2) is 0 Å². The Morgan fingerprint density at radius 1 is 0.190 bits per heavy atom. The van der Waals surface area contributed by atoms with E-state index in [1.54, 1.807) is 0 Å². The van der Waals surface area contributed by atoms with Gasteiger partial charge in [-0.2, -0.15) is 0 Å². The zero-order chi connectivity index (χ0) is 79.9. The first kappa shape index (κ1) is 70.9. The second-order valence-electron chi connectivity index (χ2n) is 32.0. The highest BCUT2D eigenvalue weighted by molar-refractivity contribution is 7.08. The third-order valence-electron chi connectivity index (χ3n) is 25.4. The molecule has 0 bridgehead atoms. The van der Waals surface area contributed by atoms with Gasteiger partial charge in [0.05, 0.1) is 5.69 Å². The van der Waals surface area contributed by atoms with E-state index in [0.717, 1.165) is 95.7 Å². The smallest absolute Gasteiger partial charge is 0.316 e. The lowest BCUT2D eigenvalue weighted by atomic mass is 9.30. The van der Waals surface area contributed by atoms with E-state index >= 15 is 0 Å². The molecule has 121 heavy (non-hydrogen) atoms. The minimum absolute atomic E-state index is 0.273. The predicted octanol–water partition coefficient (Wildman–Crippen LogP) is 27.6. The molecule has 4 heterocycles. The van der Waals surface area contributed by atoms with Gasteiger partial charge in [0, 0.05) is 79.4 Å². The first-order valence-electron chi connectivity index (χ1n) is 42.0. The predicted molar refractivity (Wildman–Crippen MR) is 511 cm³/mol. The summed E-state index contributed by atoms with van der Waals surface area (Å²) in [5.74, 6) is -0.273. The van der Waals surface area contributed by atoms with Crippen LogP contribution in [-0.2, 0) is 0 Å². The quantitative estimate of drug-likeness (QED) is 0.0894. The van der Waals surface area contributed by atoms with Gasteiger partial charge >= 0.3 is 13.7 Å². The molecule has 0 amide bonds. The molecule has 4 aliphatic heterocycles. The number of nitrogens with zero attached hydrogens (tertiary/aromatic N) is 4. The van der Waals surface area contributed by atoms with Gasteiger partial charge in [-0.1, -0.05) is 388 Å². The zero-order valence-corrected chi connectivity index (χ0v) is 66.5. The van der Waals surface area contributed by atoms with Crippen molar-refractivity contribution in [3.8, 4) is 111 Å². The van der Waals surface area contributed by atoms with Gasteiger partial charge in [0.25, 0.3) is 0 Å². The lowest BCUT2D eigenvalue weighted by Gasteiger charge is -2.53. The zero-order valence-electron chi connectivity index (χ0n) is 66.5. The van der Waals surface area contributed by atoms with Crippen molar-refractivity contribution in [2.45, 2.75) is 5.92 Å². The molecule has 0 N–H and O–H groups in total. The first-order chi connectivity index (χ1) is 60.1. The molecule has 0 saturated carbocycles. The molecular weight excluding hydrogens is 1460 g/mol. The van der Waals surface area contributed by atoms with E-state index in [0.29, 0.717) is 0 Å². The topological polar surface area (TPSA) is 13.0 Å². The molecule has 1 unspecified atom stereocenters. The monoisotopic (exact) mass is 1540 g/mol. The molecule has 0 fully saturated rings. The van der Waals surface area contributed by atoms with Crippen LogP contribution < -0.4 is 41.3 Å². The fraction of sp³-hybridized carbons (Fsp3) is 0.00870. The third-order valence-corrected chi connectivity index (χ3v) is 25.4. The molecule has 6 heteroatoms. The average molecular weight is 1540 g/mol. The standard InChI is InChI=1S/C115H78B2N4/c1-9-32-78(33-10-1)82-58-66-90(67-59-82)118(91-68-60-83(61-69-91)79-34-11-2-12-35-79)94-74-103-100-53-31-54-101-104-75-95(119(92-70-62-84(63-71-92)80-36-13-3-14-37-80)93-72-64-85(65-73-93)81-38-15-4-16-39-81)77-109-113(104)117(107-56-27-28-57-108(107)120(109)114-98(88-44-21-7-22-45-88)51-30-52-99(114)89-46-23-8-24-47-89)121(115(100)101)116-106-55-26-25-48-102(106)111(105(76-94)112(103)116)110-96(86-40-17-5-18-41-86)49-29-50-97(110)87-42-19-6-20-43-87/h1-77,111H. The summed E-state index contributed by atoms with van der Waals surface area (Å²) in [4.78, 5) is 7.70. The van der Waals surface area contributed by atoms with Crippen LogP contribution in [0.15, 0.2) is 467 Å². The lowest BCUT2D eigenvalue weighted by Crippen LogP contribution is -2.75. The molecule has 0 spiro atoms. The van der Waals surface area contributed by atoms with Crippen LogP contribution in [0.2, 0.25) is 0 Å². The van der Waals surface area contributed by atoms with Crippen LogP contribution in [0, 0.1) is 0 Å². The van der Waals surface area contributed by atoms with Gasteiger partial charge < -0.3 is 19.4 Å². The summed E-state index contributed by atoms with van der Waals surface area (Å²) in [6, 6.07) is 175. The highest BCUT2D eigenvalue weighted by Crippen LogP contribution is 2.57. The van der Waals surface area contributed by atoms with Crippen molar-refractivity contribution in [3.05, 3.63) is 484 Å². The van der Waals surface area contributed by atoms with Crippen molar-refractivity contribution in [2.75, 3.05) is 19.4 Å². The van der Waals surface area contributed by atoms with Crippen molar-refractivity contribution >= 4 is 92.4 Å². The molecular formula is C115H78B2N4. The van der Waals surface area contributed by atoms with Crippen LogP contribution >= 0.6 is 0 Å². The highest BCUT2D eigenvalue weighted by Gasteiger charge is 2.55. The van der Waals surface area contributed by atoms with E-state index in [4.69, 9.17) is 0 Å². The molecule has 19 aromatic rings.